The second-order valence-corrected chi connectivity index (χ2v) is 8.37. The summed E-state index contributed by atoms with van der Waals surface area (Å²) in [6.07, 6.45) is 4.67. The van der Waals surface area contributed by atoms with Crippen LogP contribution in [0.5, 0.6) is 0 Å². The number of benzene rings is 4. The van der Waals surface area contributed by atoms with Crippen molar-refractivity contribution in [3.8, 4) is 22.5 Å². The maximum absolute atomic E-state index is 4.71. The third-order valence-electron chi connectivity index (χ3n) is 6.12. The lowest BCUT2D eigenvalue weighted by Crippen LogP contribution is -1.93. The largest absolute Gasteiger partial charge is 0.256 e. The van der Waals surface area contributed by atoms with Gasteiger partial charge in [0.1, 0.15) is 0 Å². The van der Waals surface area contributed by atoms with Gasteiger partial charge in [-0.15, -0.1) is 0 Å². The number of pyridine rings is 2. The maximum atomic E-state index is 4.71. The van der Waals surface area contributed by atoms with Gasteiger partial charge in [-0.25, -0.2) is 0 Å². The van der Waals surface area contributed by atoms with Crippen molar-refractivity contribution in [3.05, 3.63) is 133 Å². The lowest BCUT2D eigenvalue weighted by Gasteiger charge is -2.11. The summed E-state index contributed by atoms with van der Waals surface area (Å²) < 4.78 is 0. The van der Waals surface area contributed by atoms with Gasteiger partial charge in [-0.2, -0.15) is 0 Å². The van der Waals surface area contributed by atoms with E-state index in [1.54, 1.807) is 0 Å². The summed E-state index contributed by atoms with van der Waals surface area (Å²) in [5.41, 5.74) is 6.87. The molecule has 0 atom stereocenters. The van der Waals surface area contributed by atoms with Gasteiger partial charge in [0, 0.05) is 28.9 Å². The summed E-state index contributed by atoms with van der Waals surface area (Å²) in [6.45, 7) is 0. The fourth-order valence-electron chi connectivity index (χ4n) is 4.53. The summed E-state index contributed by atoms with van der Waals surface area (Å²) in [6, 6.07) is 38.5. The molecule has 0 N–H and O–H groups in total. The normalized spacial score (nSPS) is 11.2. The highest BCUT2D eigenvalue weighted by Gasteiger charge is 2.09. The second-order valence-electron chi connectivity index (χ2n) is 8.37. The van der Waals surface area contributed by atoms with Crippen LogP contribution in [-0.4, -0.2) is 9.97 Å². The Bertz CT molecular complexity index is 1590. The van der Waals surface area contributed by atoms with Crippen LogP contribution in [0.25, 0.3) is 44.1 Å². The van der Waals surface area contributed by atoms with E-state index in [1.807, 2.05) is 30.6 Å². The van der Waals surface area contributed by atoms with Gasteiger partial charge in [0.25, 0.3) is 0 Å². The molecule has 2 aromatic heterocycles. The summed E-state index contributed by atoms with van der Waals surface area (Å²) in [5, 5.41) is 4.84. The first-order valence-electron chi connectivity index (χ1n) is 11.2. The third kappa shape index (κ3) is 3.88. The van der Waals surface area contributed by atoms with Gasteiger partial charge in [-0.05, 0) is 64.0 Å². The average molecular weight is 423 g/mol. The summed E-state index contributed by atoms with van der Waals surface area (Å²) >= 11 is 0. The Hall–Kier alpha value is -4.30. The van der Waals surface area contributed by atoms with Crippen molar-refractivity contribution in [1.82, 2.24) is 9.97 Å². The Kier molecular flexibility index (Phi) is 4.89. The zero-order valence-electron chi connectivity index (χ0n) is 18.1. The minimum absolute atomic E-state index is 0.853. The lowest BCUT2D eigenvalue weighted by atomic mass is 9.94. The highest BCUT2D eigenvalue weighted by molar-refractivity contribution is 5.96. The van der Waals surface area contributed by atoms with Crippen molar-refractivity contribution in [2.24, 2.45) is 0 Å². The molecular formula is C31H22N2. The Morgan fingerprint density at radius 3 is 2.21 bits per heavy atom. The van der Waals surface area contributed by atoms with Gasteiger partial charge < -0.3 is 0 Å². The molecular weight excluding hydrogens is 400 g/mol. The smallest absolute Gasteiger partial charge is 0.0708 e. The van der Waals surface area contributed by atoms with Crippen molar-refractivity contribution in [2.45, 2.75) is 6.42 Å². The molecule has 4 aromatic carbocycles. The Balaban J connectivity index is 1.39. The van der Waals surface area contributed by atoms with Crippen LogP contribution >= 0.6 is 0 Å². The third-order valence-corrected chi connectivity index (χ3v) is 6.12. The minimum atomic E-state index is 0.853. The molecule has 2 heterocycles. The van der Waals surface area contributed by atoms with E-state index in [0.717, 1.165) is 28.8 Å². The number of hydrogen-bond donors (Lipinski definition) is 0. The molecule has 33 heavy (non-hydrogen) atoms. The molecule has 0 amide bonds. The van der Waals surface area contributed by atoms with E-state index in [1.165, 1.54) is 32.8 Å². The molecule has 2 nitrogen and oxygen atoms in total. The summed E-state index contributed by atoms with van der Waals surface area (Å²) in [4.78, 5) is 9.33. The molecule has 0 saturated carbocycles. The molecule has 0 aliphatic rings. The number of rotatable bonds is 4. The topological polar surface area (TPSA) is 25.8 Å². The molecule has 0 unspecified atom stereocenters. The molecule has 0 aliphatic heterocycles. The molecule has 0 aliphatic carbocycles. The van der Waals surface area contributed by atoms with Crippen LogP contribution in [0.3, 0.4) is 0 Å². The molecule has 0 spiro atoms. The fourth-order valence-corrected chi connectivity index (χ4v) is 4.53. The first kappa shape index (κ1) is 19.4. The van der Waals surface area contributed by atoms with Crippen LogP contribution in [0.2, 0.25) is 0 Å². The quantitative estimate of drug-likeness (QED) is 0.291. The lowest BCUT2D eigenvalue weighted by molar-refractivity contribution is 1.19. The Labute approximate surface area is 193 Å². The number of fused-ring (bicyclic) bond motifs is 2. The van der Waals surface area contributed by atoms with Crippen LogP contribution in [0.15, 0.2) is 122 Å². The molecule has 0 bridgehead atoms. The van der Waals surface area contributed by atoms with Gasteiger partial charge in [-0.3, -0.25) is 9.97 Å². The SMILES string of the molecule is c1ccc(-c2cc(Cc3cccc(-c4cc5ccccc5cn4)c3)cc3ccccc23)nc1. The van der Waals surface area contributed by atoms with E-state index in [9.17, 15) is 0 Å². The van der Waals surface area contributed by atoms with Gasteiger partial charge in [0.05, 0.1) is 11.4 Å². The van der Waals surface area contributed by atoms with E-state index in [-0.39, 0.29) is 0 Å². The van der Waals surface area contributed by atoms with Crippen LogP contribution in [0.4, 0.5) is 0 Å². The maximum Gasteiger partial charge on any atom is 0.0708 e. The summed E-state index contributed by atoms with van der Waals surface area (Å²) in [7, 11) is 0. The standard InChI is InChI=1S/C31H22N2/c1-2-11-27-21-33-31(20-24(27)9-1)26-12-7-8-22(17-26)16-23-18-25-10-3-4-13-28(25)29(19-23)30-14-5-6-15-32-30/h1-15,17-21H,16H2. The molecule has 156 valence electrons. The van der Waals surface area contributed by atoms with Crippen LogP contribution in [0.1, 0.15) is 11.1 Å². The number of aromatic nitrogens is 2. The highest BCUT2D eigenvalue weighted by atomic mass is 14.7. The van der Waals surface area contributed by atoms with E-state index in [0.29, 0.717) is 0 Å². The van der Waals surface area contributed by atoms with Crippen molar-refractivity contribution in [3.63, 3.8) is 0 Å². The van der Waals surface area contributed by atoms with Gasteiger partial charge in [0.2, 0.25) is 0 Å². The number of nitrogens with zero attached hydrogens (tertiary/aromatic N) is 2. The van der Waals surface area contributed by atoms with E-state index in [4.69, 9.17) is 4.98 Å². The first-order chi connectivity index (χ1) is 16.3. The van der Waals surface area contributed by atoms with Gasteiger partial charge in [-0.1, -0.05) is 78.9 Å². The minimum Gasteiger partial charge on any atom is -0.256 e. The molecule has 6 aromatic rings. The van der Waals surface area contributed by atoms with Crippen LogP contribution in [0, 0.1) is 0 Å². The predicted octanol–water partition coefficient (Wildman–Crippen LogP) is 7.71. The fraction of sp³-hybridized carbons (Fsp3) is 0.0323. The predicted molar refractivity (Wildman–Crippen MR) is 137 cm³/mol. The zero-order chi connectivity index (χ0) is 22.0. The van der Waals surface area contributed by atoms with Gasteiger partial charge >= 0.3 is 0 Å². The van der Waals surface area contributed by atoms with Crippen molar-refractivity contribution in [2.75, 3.05) is 0 Å². The van der Waals surface area contributed by atoms with E-state index < -0.39 is 0 Å². The van der Waals surface area contributed by atoms with Crippen LogP contribution in [-0.2, 0) is 6.42 Å². The molecule has 0 fully saturated rings. The van der Waals surface area contributed by atoms with E-state index in [2.05, 4.69) is 96.0 Å². The molecule has 0 saturated heterocycles. The Morgan fingerprint density at radius 1 is 0.515 bits per heavy atom. The number of hydrogen-bond acceptors (Lipinski definition) is 2. The zero-order valence-corrected chi connectivity index (χ0v) is 18.1. The first-order valence-corrected chi connectivity index (χ1v) is 11.2. The van der Waals surface area contributed by atoms with Gasteiger partial charge in [0.15, 0.2) is 0 Å². The second kappa shape index (κ2) is 8.33. The van der Waals surface area contributed by atoms with Crippen molar-refractivity contribution < 1.29 is 0 Å². The Morgan fingerprint density at radius 2 is 1.33 bits per heavy atom. The average Bonchev–Trinajstić information content (AvgIpc) is 2.88. The van der Waals surface area contributed by atoms with E-state index >= 15 is 0 Å². The van der Waals surface area contributed by atoms with Crippen molar-refractivity contribution >= 4 is 21.5 Å². The molecule has 6 rings (SSSR count). The van der Waals surface area contributed by atoms with Crippen molar-refractivity contribution in [1.29, 1.82) is 0 Å². The van der Waals surface area contributed by atoms with Crippen LogP contribution < -0.4 is 0 Å². The molecule has 0 radical (unpaired) electrons. The summed E-state index contributed by atoms with van der Waals surface area (Å²) in [5.74, 6) is 0. The monoisotopic (exact) mass is 422 g/mol. The molecule has 2 heteroatoms. The highest BCUT2D eigenvalue weighted by Crippen LogP contribution is 2.30.